The number of hydrogen-bond donors (Lipinski definition) is 3. The van der Waals surface area contributed by atoms with Crippen LogP contribution in [0.4, 0.5) is 5.69 Å². The summed E-state index contributed by atoms with van der Waals surface area (Å²) in [6.45, 7) is 3.83. The standard InChI is InChI=1S/C16H17N3OS/c1-11-7-9-13(10-8-11)17-16(21)19-18-12(2)14-5-3-4-6-15(14)20/h3-10,20H,1-2H3,(H2,17,19,21). The Morgan fingerprint density at radius 3 is 2.43 bits per heavy atom. The summed E-state index contributed by atoms with van der Waals surface area (Å²) < 4.78 is 0. The van der Waals surface area contributed by atoms with E-state index in [1.807, 2.05) is 37.3 Å². The highest BCUT2D eigenvalue weighted by Gasteiger charge is 2.03. The van der Waals surface area contributed by atoms with Gasteiger partial charge in [-0.1, -0.05) is 29.8 Å². The highest BCUT2D eigenvalue weighted by Crippen LogP contribution is 2.16. The third-order valence-corrected chi connectivity index (χ3v) is 3.12. The zero-order valence-electron chi connectivity index (χ0n) is 11.9. The van der Waals surface area contributed by atoms with E-state index in [1.54, 1.807) is 25.1 Å². The van der Waals surface area contributed by atoms with Gasteiger partial charge in [0, 0.05) is 11.3 Å². The molecule has 0 spiro atoms. The number of nitrogens with zero attached hydrogens (tertiary/aromatic N) is 1. The summed E-state index contributed by atoms with van der Waals surface area (Å²) >= 11 is 5.18. The molecule has 0 saturated carbocycles. The average Bonchev–Trinajstić information content (AvgIpc) is 2.48. The first kappa shape index (κ1) is 15.0. The number of nitrogens with one attached hydrogen (secondary N) is 2. The van der Waals surface area contributed by atoms with Crippen molar-refractivity contribution in [1.29, 1.82) is 0 Å². The fourth-order valence-electron chi connectivity index (χ4n) is 1.77. The highest BCUT2D eigenvalue weighted by molar-refractivity contribution is 7.80. The monoisotopic (exact) mass is 299 g/mol. The van der Waals surface area contributed by atoms with E-state index >= 15 is 0 Å². The predicted molar refractivity (Wildman–Crippen MR) is 90.9 cm³/mol. The topological polar surface area (TPSA) is 56.7 Å². The Bertz CT molecular complexity index is 665. The van der Waals surface area contributed by atoms with Crippen molar-refractivity contribution in [2.45, 2.75) is 13.8 Å². The van der Waals surface area contributed by atoms with Gasteiger partial charge in [-0.3, -0.25) is 5.43 Å². The molecule has 0 saturated heterocycles. The molecule has 0 radical (unpaired) electrons. The number of benzene rings is 2. The summed E-state index contributed by atoms with van der Waals surface area (Å²) in [4.78, 5) is 0. The van der Waals surface area contributed by atoms with Crippen LogP contribution in [0.5, 0.6) is 5.75 Å². The lowest BCUT2D eigenvalue weighted by molar-refractivity contribution is 0.474. The molecule has 3 N–H and O–H groups in total. The molecule has 2 aromatic rings. The van der Waals surface area contributed by atoms with Crippen LogP contribution in [0.15, 0.2) is 53.6 Å². The average molecular weight is 299 g/mol. The maximum Gasteiger partial charge on any atom is 0.191 e. The zero-order chi connectivity index (χ0) is 15.2. The Morgan fingerprint density at radius 2 is 1.76 bits per heavy atom. The second-order valence-corrected chi connectivity index (χ2v) is 5.05. The van der Waals surface area contributed by atoms with Crippen molar-refractivity contribution >= 4 is 28.7 Å². The fraction of sp³-hybridized carbons (Fsp3) is 0.125. The van der Waals surface area contributed by atoms with E-state index < -0.39 is 0 Å². The van der Waals surface area contributed by atoms with Crippen LogP contribution in [0.3, 0.4) is 0 Å². The molecule has 0 amide bonds. The molecular formula is C16H17N3OS. The van der Waals surface area contributed by atoms with Gasteiger partial charge in [-0.2, -0.15) is 5.10 Å². The largest absolute Gasteiger partial charge is 0.507 e. The summed E-state index contributed by atoms with van der Waals surface area (Å²) in [5, 5.41) is 17.4. The van der Waals surface area contributed by atoms with Crippen molar-refractivity contribution in [1.82, 2.24) is 5.43 Å². The number of thiocarbonyl (C=S) groups is 1. The van der Waals surface area contributed by atoms with E-state index in [9.17, 15) is 5.11 Å². The number of hydrogen-bond acceptors (Lipinski definition) is 3. The number of aromatic hydroxyl groups is 1. The molecule has 2 aromatic carbocycles. The van der Waals surface area contributed by atoms with Gasteiger partial charge in [-0.15, -0.1) is 0 Å². The van der Waals surface area contributed by atoms with Gasteiger partial charge in [-0.05, 0) is 50.3 Å². The lowest BCUT2D eigenvalue weighted by Crippen LogP contribution is -2.24. The van der Waals surface area contributed by atoms with Crippen molar-refractivity contribution in [3.05, 3.63) is 59.7 Å². The van der Waals surface area contributed by atoms with Gasteiger partial charge in [-0.25, -0.2) is 0 Å². The van der Waals surface area contributed by atoms with Crippen molar-refractivity contribution < 1.29 is 5.11 Å². The Balaban J connectivity index is 1.98. The maximum absolute atomic E-state index is 9.75. The van der Waals surface area contributed by atoms with Crippen LogP contribution in [-0.4, -0.2) is 15.9 Å². The number of rotatable bonds is 3. The normalized spacial score (nSPS) is 11.0. The summed E-state index contributed by atoms with van der Waals surface area (Å²) in [6, 6.07) is 14.9. The molecule has 5 heteroatoms. The Morgan fingerprint density at radius 1 is 1.10 bits per heavy atom. The molecule has 0 aromatic heterocycles. The van der Waals surface area contributed by atoms with Crippen molar-refractivity contribution in [3.63, 3.8) is 0 Å². The number of anilines is 1. The molecular weight excluding hydrogens is 282 g/mol. The number of para-hydroxylation sites is 1. The lowest BCUT2D eigenvalue weighted by Gasteiger charge is -2.09. The quantitative estimate of drug-likeness (QED) is 0.462. The van der Waals surface area contributed by atoms with E-state index in [2.05, 4.69) is 15.8 Å². The molecule has 2 rings (SSSR count). The van der Waals surface area contributed by atoms with Crippen LogP contribution in [0, 0.1) is 6.92 Å². The molecule has 0 aliphatic heterocycles. The summed E-state index contributed by atoms with van der Waals surface area (Å²) in [6.07, 6.45) is 0. The minimum absolute atomic E-state index is 0.193. The first-order chi connectivity index (χ1) is 10.1. The Kier molecular flexibility index (Phi) is 4.90. The molecule has 0 bridgehead atoms. The maximum atomic E-state index is 9.75. The Labute approximate surface area is 129 Å². The highest BCUT2D eigenvalue weighted by atomic mass is 32.1. The molecule has 0 atom stereocenters. The van der Waals surface area contributed by atoms with Crippen LogP contribution >= 0.6 is 12.2 Å². The van der Waals surface area contributed by atoms with E-state index in [0.29, 0.717) is 16.4 Å². The van der Waals surface area contributed by atoms with E-state index in [1.165, 1.54) is 5.56 Å². The van der Waals surface area contributed by atoms with Gasteiger partial charge in [0.2, 0.25) is 0 Å². The van der Waals surface area contributed by atoms with E-state index in [4.69, 9.17) is 12.2 Å². The first-order valence-corrected chi connectivity index (χ1v) is 6.93. The van der Waals surface area contributed by atoms with Gasteiger partial charge >= 0.3 is 0 Å². The predicted octanol–water partition coefficient (Wildman–Crippen LogP) is 3.41. The lowest BCUT2D eigenvalue weighted by atomic mass is 10.1. The van der Waals surface area contributed by atoms with Crippen LogP contribution in [0.25, 0.3) is 0 Å². The van der Waals surface area contributed by atoms with Crippen LogP contribution < -0.4 is 10.7 Å². The van der Waals surface area contributed by atoms with E-state index in [0.717, 1.165) is 5.69 Å². The molecule has 0 aliphatic carbocycles. The molecule has 0 fully saturated rings. The van der Waals surface area contributed by atoms with Gasteiger partial charge in [0.25, 0.3) is 0 Å². The molecule has 4 nitrogen and oxygen atoms in total. The minimum Gasteiger partial charge on any atom is -0.507 e. The second kappa shape index (κ2) is 6.85. The van der Waals surface area contributed by atoms with Crippen LogP contribution in [-0.2, 0) is 0 Å². The van der Waals surface area contributed by atoms with Gasteiger partial charge < -0.3 is 10.4 Å². The molecule has 0 unspecified atom stereocenters. The number of phenols is 1. The smallest absolute Gasteiger partial charge is 0.191 e. The zero-order valence-corrected chi connectivity index (χ0v) is 12.7. The second-order valence-electron chi connectivity index (χ2n) is 4.65. The van der Waals surface area contributed by atoms with Gasteiger partial charge in [0.1, 0.15) is 5.75 Å². The molecule has 0 heterocycles. The van der Waals surface area contributed by atoms with Crippen LogP contribution in [0.1, 0.15) is 18.1 Å². The number of hydrazone groups is 1. The molecule has 108 valence electrons. The summed E-state index contributed by atoms with van der Waals surface area (Å²) in [7, 11) is 0. The van der Waals surface area contributed by atoms with Crippen molar-refractivity contribution in [3.8, 4) is 5.75 Å². The third-order valence-electron chi connectivity index (χ3n) is 2.93. The first-order valence-electron chi connectivity index (χ1n) is 6.52. The molecule has 0 aliphatic rings. The van der Waals surface area contributed by atoms with Crippen molar-refractivity contribution in [2.75, 3.05) is 5.32 Å². The number of phenolic OH excluding ortho intramolecular Hbond substituents is 1. The van der Waals surface area contributed by atoms with E-state index in [-0.39, 0.29) is 5.75 Å². The summed E-state index contributed by atoms with van der Waals surface area (Å²) in [5.41, 5.74) is 6.18. The SMILES string of the molecule is CC(=NNC(=S)Nc1ccc(C)cc1)c1ccccc1O. The van der Waals surface area contributed by atoms with Gasteiger partial charge in [0.05, 0.1) is 5.71 Å². The van der Waals surface area contributed by atoms with Gasteiger partial charge in [0.15, 0.2) is 5.11 Å². The summed E-state index contributed by atoms with van der Waals surface area (Å²) in [5.74, 6) is 0.193. The Hall–Kier alpha value is -2.40. The number of aryl methyl sites for hydroxylation is 1. The van der Waals surface area contributed by atoms with Crippen molar-refractivity contribution in [2.24, 2.45) is 5.10 Å². The minimum atomic E-state index is 0.193. The molecule has 21 heavy (non-hydrogen) atoms. The third kappa shape index (κ3) is 4.29. The fourth-order valence-corrected chi connectivity index (χ4v) is 1.93. The van der Waals surface area contributed by atoms with Crippen LogP contribution in [0.2, 0.25) is 0 Å².